The molecule has 1 heterocycles. The van der Waals surface area contributed by atoms with E-state index in [1.807, 2.05) is 37.4 Å². The molecule has 1 aromatic heterocycles. The van der Waals surface area contributed by atoms with Crippen molar-refractivity contribution in [2.75, 3.05) is 0 Å². The molecule has 0 aliphatic rings. The van der Waals surface area contributed by atoms with E-state index in [1.54, 1.807) is 11.3 Å². The van der Waals surface area contributed by atoms with Crippen molar-refractivity contribution in [3.05, 3.63) is 50.9 Å². The van der Waals surface area contributed by atoms with Gasteiger partial charge in [0.05, 0.1) is 5.01 Å². The van der Waals surface area contributed by atoms with E-state index in [0.717, 1.165) is 26.9 Å². The van der Waals surface area contributed by atoms with Gasteiger partial charge in [-0.15, -0.1) is 11.3 Å². The van der Waals surface area contributed by atoms with Gasteiger partial charge in [0.1, 0.15) is 0 Å². The quantitative estimate of drug-likeness (QED) is 0.910. The van der Waals surface area contributed by atoms with Crippen LogP contribution in [0.1, 0.15) is 21.5 Å². The van der Waals surface area contributed by atoms with Crippen LogP contribution in [0.3, 0.4) is 0 Å². The Labute approximate surface area is 104 Å². The maximum atomic E-state index is 6.12. The Morgan fingerprint density at radius 2 is 2.19 bits per heavy atom. The molecule has 0 saturated heterocycles. The molecule has 84 valence electrons. The molecule has 1 unspecified atom stereocenters. The zero-order valence-electron chi connectivity index (χ0n) is 8.98. The Morgan fingerprint density at radius 1 is 1.44 bits per heavy atom. The maximum absolute atomic E-state index is 6.12. The van der Waals surface area contributed by atoms with E-state index < -0.39 is 0 Å². The molecule has 2 aromatic rings. The molecule has 4 heteroatoms. The molecule has 0 spiro atoms. The topological polar surface area (TPSA) is 38.9 Å². The minimum absolute atomic E-state index is 0.0221. The fourth-order valence-electron chi connectivity index (χ4n) is 1.55. The van der Waals surface area contributed by atoms with Gasteiger partial charge in [-0.2, -0.15) is 0 Å². The number of thiazole rings is 1. The van der Waals surface area contributed by atoms with Crippen LogP contribution in [0.15, 0.2) is 30.5 Å². The van der Waals surface area contributed by atoms with Crippen molar-refractivity contribution in [2.45, 2.75) is 19.4 Å². The van der Waals surface area contributed by atoms with Crippen LogP contribution in [0.5, 0.6) is 0 Å². The number of nitrogens with zero attached hydrogens (tertiary/aromatic N) is 1. The van der Waals surface area contributed by atoms with E-state index >= 15 is 0 Å². The first-order valence-corrected chi connectivity index (χ1v) is 6.27. The van der Waals surface area contributed by atoms with Crippen LogP contribution < -0.4 is 5.73 Å². The first-order chi connectivity index (χ1) is 7.66. The highest BCUT2D eigenvalue weighted by molar-refractivity contribution is 7.11. The Hall–Kier alpha value is -0.900. The summed E-state index contributed by atoms with van der Waals surface area (Å²) in [6.45, 7) is 1.98. The SMILES string of the molecule is Cc1ncc(C(N)Cc2ccccc2Cl)s1. The number of benzene rings is 1. The molecule has 2 rings (SSSR count). The van der Waals surface area contributed by atoms with Gasteiger partial charge in [-0.1, -0.05) is 29.8 Å². The molecule has 0 saturated carbocycles. The number of aryl methyl sites for hydroxylation is 1. The van der Waals surface area contributed by atoms with Crippen molar-refractivity contribution < 1.29 is 0 Å². The Morgan fingerprint density at radius 3 is 2.81 bits per heavy atom. The molecule has 0 aliphatic carbocycles. The molecule has 0 radical (unpaired) electrons. The first kappa shape index (κ1) is 11.6. The molecular weight excluding hydrogens is 240 g/mol. The van der Waals surface area contributed by atoms with Crippen molar-refractivity contribution in [3.8, 4) is 0 Å². The lowest BCUT2D eigenvalue weighted by molar-refractivity contribution is 0.734. The van der Waals surface area contributed by atoms with E-state index in [2.05, 4.69) is 4.98 Å². The highest BCUT2D eigenvalue weighted by Gasteiger charge is 2.11. The summed E-state index contributed by atoms with van der Waals surface area (Å²) in [5, 5.41) is 1.82. The highest BCUT2D eigenvalue weighted by Crippen LogP contribution is 2.24. The van der Waals surface area contributed by atoms with E-state index in [-0.39, 0.29) is 6.04 Å². The maximum Gasteiger partial charge on any atom is 0.0897 e. The zero-order chi connectivity index (χ0) is 11.5. The molecule has 2 nitrogen and oxygen atoms in total. The number of hydrogen-bond acceptors (Lipinski definition) is 3. The van der Waals surface area contributed by atoms with E-state index in [9.17, 15) is 0 Å². The predicted molar refractivity (Wildman–Crippen MR) is 68.9 cm³/mol. The fourth-order valence-corrected chi connectivity index (χ4v) is 2.55. The van der Waals surface area contributed by atoms with Gasteiger partial charge in [0.25, 0.3) is 0 Å². The Balaban J connectivity index is 2.13. The van der Waals surface area contributed by atoms with Crippen LogP contribution in [-0.4, -0.2) is 4.98 Å². The van der Waals surface area contributed by atoms with Gasteiger partial charge in [0.2, 0.25) is 0 Å². The molecule has 0 aliphatic heterocycles. The lowest BCUT2D eigenvalue weighted by Crippen LogP contribution is -2.12. The summed E-state index contributed by atoms with van der Waals surface area (Å²) >= 11 is 7.73. The van der Waals surface area contributed by atoms with Gasteiger partial charge >= 0.3 is 0 Å². The van der Waals surface area contributed by atoms with Crippen LogP contribution in [0, 0.1) is 6.92 Å². The predicted octanol–water partition coefficient (Wildman–Crippen LogP) is 3.35. The van der Waals surface area contributed by atoms with Gasteiger partial charge in [-0.3, -0.25) is 0 Å². The largest absolute Gasteiger partial charge is 0.323 e. The molecule has 0 amide bonds. The molecular formula is C12H13ClN2S. The van der Waals surface area contributed by atoms with Gasteiger partial charge < -0.3 is 5.73 Å². The second kappa shape index (κ2) is 4.95. The van der Waals surface area contributed by atoms with Crippen LogP contribution in [-0.2, 0) is 6.42 Å². The van der Waals surface area contributed by atoms with Gasteiger partial charge in [-0.25, -0.2) is 4.98 Å². The number of rotatable bonds is 3. The third-order valence-corrected chi connectivity index (χ3v) is 3.82. The summed E-state index contributed by atoms with van der Waals surface area (Å²) in [5.74, 6) is 0. The number of aromatic nitrogens is 1. The Bertz CT molecular complexity index is 481. The zero-order valence-corrected chi connectivity index (χ0v) is 10.6. The van der Waals surface area contributed by atoms with Crippen molar-refractivity contribution in [2.24, 2.45) is 5.73 Å². The van der Waals surface area contributed by atoms with Crippen molar-refractivity contribution >= 4 is 22.9 Å². The highest BCUT2D eigenvalue weighted by atomic mass is 35.5. The third kappa shape index (κ3) is 2.61. The third-order valence-electron chi connectivity index (χ3n) is 2.40. The van der Waals surface area contributed by atoms with Crippen LogP contribution in [0.4, 0.5) is 0 Å². The summed E-state index contributed by atoms with van der Waals surface area (Å²) < 4.78 is 0. The van der Waals surface area contributed by atoms with Crippen LogP contribution in [0.2, 0.25) is 5.02 Å². The normalized spacial score (nSPS) is 12.7. The van der Waals surface area contributed by atoms with Gasteiger partial charge in [0, 0.05) is 22.1 Å². The minimum Gasteiger partial charge on any atom is -0.323 e. The second-order valence-electron chi connectivity index (χ2n) is 3.68. The number of nitrogens with two attached hydrogens (primary N) is 1. The number of halogens is 1. The van der Waals surface area contributed by atoms with Crippen molar-refractivity contribution in [3.63, 3.8) is 0 Å². The molecule has 0 bridgehead atoms. The number of hydrogen-bond donors (Lipinski definition) is 1. The van der Waals surface area contributed by atoms with E-state index in [0.29, 0.717) is 0 Å². The van der Waals surface area contributed by atoms with E-state index in [1.165, 1.54) is 0 Å². The summed E-state index contributed by atoms with van der Waals surface area (Å²) in [6.07, 6.45) is 2.60. The second-order valence-corrected chi connectivity index (χ2v) is 5.36. The van der Waals surface area contributed by atoms with Gasteiger partial charge in [0.15, 0.2) is 0 Å². The summed E-state index contributed by atoms with van der Waals surface area (Å²) in [5.41, 5.74) is 7.21. The van der Waals surface area contributed by atoms with Crippen molar-refractivity contribution in [1.29, 1.82) is 0 Å². The summed E-state index contributed by atoms with van der Waals surface area (Å²) in [7, 11) is 0. The lowest BCUT2D eigenvalue weighted by Gasteiger charge is -2.10. The van der Waals surface area contributed by atoms with Crippen LogP contribution in [0.25, 0.3) is 0 Å². The minimum atomic E-state index is -0.0221. The molecule has 16 heavy (non-hydrogen) atoms. The van der Waals surface area contributed by atoms with Gasteiger partial charge in [-0.05, 0) is 25.0 Å². The van der Waals surface area contributed by atoms with Crippen molar-refractivity contribution in [1.82, 2.24) is 4.98 Å². The summed E-state index contributed by atoms with van der Waals surface area (Å²) in [4.78, 5) is 5.32. The lowest BCUT2D eigenvalue weighted by atomic mass is 10.1. The molecule has 0 fully saturated rings. The Kier molecular flexibility index (Phi) is 3.59. The monoisotopic (exact) mass is 252 g/mol. The fraction of sp³-hybridized carbons (Fsp3) is 0.250. The van der Waals surface area contributed by atoms with Crippen LogP contribution >= 0.6 is 22.9 Å². The molecule has 1 aromatic carbocycles. The van der Waals surface area contributed by atoms with E-state index in [4.69, 9.17) is 17.3 Å². The summed E-state index contributed by atoms with van der Waals surface area (Å²) in [6, 6.07) is 7.78. The molecule has 1 atom stereocenters. The average molecular weight is 253 g/mol. The standard InChI is InChI=1S/C12H13ClN2S/c1-8-15-7-12(16-8)11(14)6-9-4-2-3-5-10(9)13/h2-5,7,11H,6,14H2,1H3. The average Bonchev–Trinajstić information content (AvgIpc) is 2.68. The smallest absolute Gasteiger partial charge is 0.0897 e. The first-order valence-electron chi connectivity index (χ1n) is 5.08. The molecule has 2 N–H and O–H groups in total.